The standard InChI is InChI=1S/C16H23N5O2S.HI/c1-3-17-15(20-6-4-12(5-7-20)14(22)23-2)18-10-13-11-21-8-9-24-16(21)19-13;/h8-9,11-12H,3-7,10H2,1-2H3,(H,17,18);1H. The van der Waals surface area contributed by atoms with E-state index in [0.717, 1.165) is 49.1 Å². The summed E-state index contributed by atoms with van der Waals surface area (Å²) in [5.74, 6) is 0.792. The predicted octanol–water partition coefficient (Wildman–Crippen LogP) is 2.36. The number of hydrogen-bond donors (Lipinski definition) is 1. The van der Waals surface area contributed by atoms with Crippen LogP contribution in [0.25, 0.3) is 4.96 Å². The zero-order valence-corrected chi connectivity index (χ0v) is 17.6. The molecule has 0 amide bonds. The largest absolute Gasteiger partial charge is 0.469 e. The molecule has 1 aliphatic rings. The molecule has 0 atom stereocenters. The second kappa shape index (κ2) is 9.37. The van der Waals surface area contributed by atoms with E-state index >= 15 is 0 Å². The highest BCUT2D eigenvalue weighted by Gasteiger charge is 2.26. The number of carbonyl (C=O) groups excluding carboxylic acids is 1. The SMILES string of the molecule is CCNC(=NCc1cn2ccsc2n1)N1CCC(C(=O)OC)CC1.I. The average Bonchev–Trinajstić information content (AvgIpc) is 3.19. The number of carbonyl (C=O) groups is 1. The lowest BCUT2D eigenvalue weighted by atomic mass is 9.97. The normalized spacial score (nSPS) is 15.9. The van der Waals surface area contributed by atoms with Gasteiger partial charge in [0, 0.05) is 37.4 Å². The number of nitrogens with zero attached hydrogens (tertiary/aromatic N) is 4. The number of guanidine groups is 1. The van der Waals surface area contributed by atoms with E-state index in [1.165, 1.54) is 7.11 Å². The molecule has 0 spiro atoms. The first-order valence-corrected chi connectivity index (χ1v) is 9.11. The van der Waals surface area contributed by atoms with Gasteiger partial charge in [0.05, 0.1) is 25.3 Å². The van der Waals surface area contributed by atoms with Crippen molar-refractivity contribution in [2.75, 3.05) is 26.7 Å². The minimum absolute atomic E-state index is 0. The Morgan fingerprint density at radius 3 is 2.88 bits per heavy atom. The molecule has 1 N–H and O–H groups in total. The zero-order valence-electron chi connectivity index (χ0n) is 14.5. The van der Waals surface area contributed by atoms with Crippen molar-refractivity contribution in [2.45, 2.75) is 26.3 Å². The predicted molar refractivity (Wildman–Crippen MR) is 110 cm³/mol. The Morgan fingerprint density at radius 1 is 1.48 bits per heavy atom. The first-order chi connectivity index (χ1) is 11.7. The summed E-state index contributed by atoms with van der Waals surface area (Å²) in [7, 11) is 1.45. The summed E-state index contributed by atoms with van der Waals surface area (Å²) in [5, 5.41) is 5.35. The number of halogens is 1. The van der Waals surface area contributed by atoms with Crippen LogP contribution in [0.5, 0.6) is 0 Å². The van der Waals surface area contributed by atoms with Crippen LogP contribution in [-0.2, 0) is 16.1 Å². The van der Waals surface area contributed by atoms with Gasteiger partial charge in [0.25, 0.3) is 0 Å². The minimum Gasteiger partial charge on any atom is -0.469 e. The number of nitrogens with one attached hydrogen (secondary N) is 1. The van der Waals surface area contributed by atoms with E-state index in [4.69, 9.17) is 9.73 Å². The Kier molecular flexibility index (Phi) is 7.48. The minimum atomic E-state index is -0.102. The molecule has 1 fully saturated rings. The Bertz CT molecular complexity index is 693. The molecule has 9 heteroatoms. The number of esters is 1. The molecule has 7 nitrogen and oxygen atoms in total. The highest BCUT2D eigenvalue weighted by molar-refractivity contribution is 14.0. The second-order valence-corrected chi connectivity index (χ2v) is 6.65. The Morgan fingerprint density at radius 2 is 2.24 bits per heavy atom. The molecule has 3 rings (SSSR count). The van der Waals surface area contributed by atoms with Crippen LogP contribution < -0.4 is 5.32 Å². The topological polar surface area (TPSA) is 71.2 Å². The molecular formula is C16H24IN5O2S. The number of fused-ring (bicyclic) bond motifs is 1. The van der Waals surface area contributed by atoms with Crippen molar-refractivity contribution < 1.29 is 9.53 Å². The van der Waals surface area contributed by atoms with Gasteiger partial charge in [-0.3, -0.25) is 9.20 Å². The number of thiazole rings is 1. The molecule has 0 bridgehead atoms. The molecule has 0 radical (unpaired) electrons. The monoisotopic (exact) mass is 477 g/mol. The van der Waals surface area contributed by atoms with Crippen LogP contribution in [0.2, 0.25) is 0 Å². The van der Waals surface area contributed by atoms with E-state index in [-0.39, 0.29) is 35.9 Å². The van der Waals surface area contributed by atoms with Gasteiger partial charge >= 0.3 is 5.97 Å². The highest BCUT2D eigenvalue weighted by atomic mass is 127. The third-order valence-corrected chi connectivity index (χ3v) is 4.97. The summed E-state index contributed by atoms with van der Waals surface area (Å²) < 4.78 is 6.86. The average molecular weight is 477 g/mol. The smallest absolute Gasteiger partial charge is 0.308 e. The number of aliphatic imine (C=N–C) groups is 1. The maximum Gasteiger partial charge on any atom is 0.308 e. The number of hydrogen-bond acceptors (Lipinski definition) is 5. The van der Waals surface area contributed by atoms with Crippen LogP contribution in [-0.4, -0.2) is 53.0 Å². The lowest BCUT2D eigenvalue weighted by Gasteiger charge is -2.33. The van der Waals surface area contributed by atoms with Gasteiger partial charge in [0.2, 0.25) is 0 Å². The quantitative estimate of drug-likeness (QED) is 0.317. The van der Waals surface area contributed by atoms with Gasteiger partial charge in [-0.2, -0.15) is 0 Å². The van der Waals surface area contributed by atoms with Crippen molar-refractivity contribution in [3.05, 3.63) is 23.5 Å². The molecule has 3 heterocycles. The lowest BCUT2D eigenvalue weighted by Crippen LogP contribution is -2.46. The van der Waals surface area contributed by atoms with Gasteiger partial charge < -0.3 is 15.0 Å². The lowest BCUT2D eigenvalue weighted by molar-refractivity contribution is -0.146. The summed E-state index contributed by atoms with van der Waals surface area (Å²) in [6.07, 6.45) is 5.62. The van der Waals surface area contributed by atoms with Crippen molar-refractivity contribution in [1.82, 2.24) is 19.6 Å². The number of methoxy groups -OCH3 is 1. The van der Waals surface area contributed by atoms with Crippen molar-refractivity contribution in [3.63, 3.8) is 0 Å². The Hall–Kier alpha value is -1.36. The number of piperidine rings is 1. The molecule has 1 aliphatic heterocycles. The van der Waals surface area contributed by atoms with Crippen molar-refractivity contribution >= 4 is 52.2 Å². The van der Waals surface area contributed by atoms with Gasteiger partial charge in [-0.15, -0.1) is 35.3 Å². The van der Waals surface area contributed by atoms with E-state index in [0.29, 0.717) is 6.54 Å². The van der Waals surface area contributed by atoms with Crippen LogP contribution in [0.1, 0.15) is 25.5 Å². The fourth-order valence-electron chi connectivity index (χ4n) is 2.93. The van der Waals surface area contributed by atoms with Crippen LogP contribution >= 0.6 is 35.3 Å². The first-order valence-electron chi connectivity index (χ1n) is 8.23. The molecule has 25 heavy (non-hydrogen) atoms. The third kappa shape index (κ3) is 4.84. The molecule has 1 saturated heterocycles. The number of ether oxygens (including phenoxy) is 1. The van der Waals surface area contributed by atoms with E-state index in [9.17, 15) is 4.79 Å². The van der Waals surface area contributed by atoms with Gasteiger partial charge in [-0.1, -0.05) is 0 Å². The van der Waals surface area contributed by atoms with Crippen molar-refractivity contribution in [1.29, 1.82) is 0 Å². The summed E-state index contributed by atoms with van der Waals surface area (Å²) >= 11 is 1.62. The van der Waals surface area contributed by atoms with Gasteiger partial charge in [-0.25, -0.2) is 9.98 Å². The number of aromatic nitrogens is 2. The first kappa shape index (κ1) is 20.0. The molecule has 0 aromatic carbocycles. The third-order valence-electron chi connectivity index (χ3n) is 4.20. The van der Waals surface area contributed by atoms with Crippen LogP contribution in [0.3, 0.4) is 0 Å². The van der Waals surface area contributed by atoms with E-state index < -0.39 is 0 Å². The maximum atomic E-state index is 11.6. The molecule has 2 aromatic rings. The number of imidazole rings is 1. The van der Waals surface area contributed by atoms with Crippen LogP contribution in [0.4, 0.5) is 0 Å². The molecular weight excluding hydrogens is 453 g/mol. The van der Waals surface area contributed by atoms with Gasteiger partial charge in [0.15, 0.2) is 10.9 Å². The van der Waals surface area contributed by atoms with E-state index in [1.807, 2.05) is 22.2 Å². The number of rotatable bonds is 4. The van der Waals surface area contributed by atoms with Crippen molar-refractivity contribution in [3.8, 4) is 0 Å². The Labute approximate surface area is 168 Å². The van der Waals surface area contributed by atoms with Gasteiger partial charge in [-0.05, 0) is 19.8 Å². The van der Waals surface area contributed by atoms with Crippen LogP contribution in [0, 0.1) is 5.92 Å². The summed E-state index contributed by atoms with van der Waals surface area (Å²) in [6.45, 7) is 5.04. The number of likely N-dealkylation sites (tertiary alicyclic amines) is 1. The fourth-order valence-corrected chi connectivity index (χ4v) is 3.65. The highest BCUT2D eigenvalue weighted by Crippen LogP contribution is 2.19. The van der Waals surface area contributed by atoms with Crippen molar-refractivity contribution in [2.24, 2.45) is 10.9 Å². The molecule has 0 aliphatic carbocycles. The summed E-state index contributed by atoms with van der Waals surface area (Å²) in [4.78, 5) is 24.1. The fraction of sp³-hybridized carbons (Fsp3) is 0.562. The van der Waals surface area contributed by atoms with E-state index in [2.05, 4.69) is 22.1 Å². The summed E-state index contributed by atoms with van der Waals surface area (Å²) in [6, 6.07) is 0. The second-order valence-electron chi connectivity index (χ2n) is 5.78. The molecule has 0 unspecified atom stereocenters. The zero-order chi connectivity index (χ0) is 16.9. The molecule has 2 aromatic heterocycles. The maximum absolute atomic E-state index is 11.6. The molecule has 138 valence electrons. The van der Waals surface area contributed by atoms with E-state index in [1.54, 1.807) is 11.3 Å². The molecule has 0 saturated carbocycles. The summed E-state index contributed by atoms with van der Waals surface area (Å²) in [5.41, 5.74) is 0.960. The Balaban J connectivity index is 0.00000225. The van der Waals surface area contributed by atoms with Crippen LogP contribution in [0.15, 0.2) is 22.8 Å². The van der Waals surface area contributed by atoms with Gasteiger partial charge in [0.1, 0.15) is 0 Å².